The van der Waals surface area contributed by atoms with Crippen molar-refractivity contribution in [1.29, 1.82) is 0 Å². The number of aryl methyl sites for hydroxylation is 1. The molecule has 1 saturated heterocycles. The topological polar surface area (TPSA) is 34.0 Å². The highest BCUT2D eigenvalue weighted by Crippen LogP contribution is 2.31. The summed E-state index contributed by atoms with van der Waals surface area (Å²) in [5, 5.41) is 0. The molecule has 27 heavy (non-hydrogen) atoms. The van der Waals surface area contributed by atoms with Crippen molar-refractivity contribution in [3.05, 3.63) is 73.2 Å². The van der Waals surface area contributed by atoms with E-state index in [2.05, 4.69) is 52.4 Å². The highest BCUT2D eigenvalue weighted by atomic mass is 15.2. The van der Waals surface area contributed by atoms with Crippen LogP contribution in [0, 0.1) is 12.8 Å². The van der Waals surface area contributed by atoms with Crippen molar-refractivity contribution in [2.45, 2.75) is 19.9 Å². The molecular weight excluding hydrogens is 332 g/mol. The summed E-state index contributed by atoms with van der Waals surface area (Å²) in [6, 6.07) is 16.6. The predicted octanol–water partition coefficient (Wildman–Crippen LogP) is 4.43. The maximum Gasteiger partial charge on any atom is 0.0979 e. The monoisotopic (exact) mass is 358 g/mol. The Labute approximate surface area is 161 Å². The van der Waals surface area contributed by atoms with Gasteiger partial charge in [0.15, 0.2) is 0 Å². The molecule has 1 aromatic carbocycles. The Balaban J connectivity index is 1.70. The predicted molar refractivity (Wildman–Crippen MR) is 110 cm³/mol. The van der Waals surface area contributed by atoms with Crippen molar-refractivity contribution in [3.63, 3.8) is 0 Å². The Morgan fingerprint density at radius 1 is 1.15 bits per heavy atom. The van der Waals surface area contributed by atoms with Gasteiger partial charge >= 0.3 is 0 Å². The molecular formula is C23H26N4. The molecule has 0 spiro atoms. The Morgan fingerprint density at radius 2 is 2.00 bits per heavy atom. The van der Waals surface area contributed by atoms with E-state index in [-0.39, 0.29) is 0 Å². The number of pyridine rings is 1. The van der Waals surface area contributed by atoms with Crippen molar-refractivity contribution in [3.8, 4) is 22.6 Å². The lowest BCUT2D eigenvalue weighted by atomic mass is 10.1. The normalized spacial score (nSPS) is 17.3. The summed E-state index contributed by atoms with van der Waals surface area (Å²) >= 11 is 0. The highest BCUT2D eigenvalue weighted by molar-refractivity contribution is 5.76. The molecule has 1 aliphatic rings. The third-order valence-electron chi connectivity index (χ3n) is 5.23. The van der Waals surface area contributed by atoms with Crippen LogP contribution in [0.3, 0.4) is 0 Å². The summed E-state index contributed by atoms with van der Waals surface area (Å²) in [6.45, 7) is 10.1. The van der Waals surface area contributed by atoms with E-state index in [1.807, 2.05) is 31.5 Å². The molecule has 4 nitrogen and oxygen atoms in total. The minimum absolute atomic E-state index is 0.631. The molecule has 3 heterocycles. The summed E-state index contributed by atoms with van der Waals surface area (Å²) in [6.07, 6.45) is 5.19. The van der Waals surface area contributed by atoms with E-state index in [1.165, 1.54) is 6.42 Å². The van der Waals surface area contributed by atoms with Crippen LogP contribution in [-0.2, 0) is 6.54 Å². The third kappa shape index (κ3) is 3.86. The molecule has 0 unspecified atom stereocenters. The zero-order chi connectivity index (χ0) is 18.6. The van der Waals surface area contributed by atoms with Gasteiger partial charge in [-0.3, -0.25) is 9.88 Å². The lowest BCUT2D eigenvalue weighted by Gasteiger charge is -2.16. The van der Waals surface area contributed by atoms with Crippen LogP contribution in [0.25, 0.3) is 22.6 Å². The highest BCUT2D eigenvalue weighted by Gasteiger charge is 2.24. The van der Waals surface area contributed by atoms with Gasteiger partial charge in [0.25, 0.3) is 0 Å². The Kier molecular flexibility index (Phi) is 5.16. The van der Waals surface area contributed by atoms with Crippen LogP contribution in [0.4, 0.5) is 0 Å². The van der Waals surface area contributed by atoms with Crippen molar-refractivity contribution in [2.24, 2.45) is 5.92 Å². The van der Waals surface area contributed by atoms with Crippen molar-refractivity contribution < 1.29 is 0 Å². The van der Waals surface area contributed by atoms with Gasteiger partial charge < -0.3 is 4.57 Å². The molecule has 0 N–H and O–H groups in total. The van der Waals surface area contributed by atoms with Gasteiger partial charge in [-0.15, -0.1) is 6.58 Å². The molecule has 4 heteroatoms. The molecule has 138 valence electrons. The minimum atomic E-state index is 0.631. The standard InChI is InChI=1S/C23H26N4/c1-3-13-26-14-12-19(15-26)16-27-17-24-22(20-9-5-4-6-10-20)23(27)21-11-7-8-18(2)25-21/h3-11,17,19H,1,12-16H2,2H3/t19-/m1/s1. The molecule has 2 aromatic heterocycles. The van der Waals surface area contributed by atoms with Crippen LogP contribution in [0.5, 0.6) is 0 Å². The molecule has 0 saturated carbocycles. The molecule has 4 rings (SSSR count). The zero-order valence-electron chi connectivity index (χ0n) is 15.9. The second-order valence-corrected chi connectivity index (χ2v) is 7.33. The van der Waals surface area contributed by atoms with Crippen LogP contribution >= 0.6 is 0 Å². The fourth-order valence-electron chi connectivity index (χ4n) is 3.96. The molecule has 1 atom stereocenters. The van der Waals surface area contributed by atoms with Crippen molar-refractivity contribution in [2.75, 3.05) is 19.6 Å². The number of rotatable bonds is 6. The van der Waals surface area contributed by atoms with E-state index in [9.17, 15) is 0 Å². The molecule has 0 aliphatic carbocycles. The van der Waals surface area contributed by atoms with Crippen LogP contribution in [0.2, 0.25) is 0 Å². The van der Waals surface area contributed by atoms with Crippen LogP contribution in [-0.4, -0.2) is 39.1 Å². The van der Waals surface area contributed by atoms with E-state index in [0.29, 0.717) is 5.92 Å². The van der Waals surface area contributed by atoms with E-state index >= 15 is 0 Å². The summed E-state index contributed by atoms with van der Waals surface area (Å²) in [5.41, 5.74) is 5.28. The summed E-state index contributed by atoms with van der Waals surface area (Å²) in [5.74, 6) is 0.631. The summed E-state index contributed by atoms with van der Waals surface area (Å²) in [4.78, 5) is 12.0. The Hall–Kier alpha value is -2.72. The number of hydrogen-bond donors (Lipinski definition) is 0. The average molecular weight is 358 g/mol. The van der Waals surface area contributed by atoms with E-state index < -0.39 is 0 Å². The van der Waals surface area contributed by atoms with Crippen LogP contribution in [0.1, 0.15) is 12.1 Å². The van der Waals surface area contributed by atoms with Crippen LogP contribution in [0.15, 0.2) is 67.5 Å². The molecule has 1 aliphatic heterocycles. The van der Waals surface area contributed by atoms with Crippen molar-refractivity contribution >= 4 is 0 Å². The first-order valence-corrected chi connectivity index (χ1v) is 9.62. The van der Waals surface area contributed by atoms with Crippen molar-refractivity contribution in [1.82, 2.24) is 19.4 Å². The van der Waals surface area contributed by atoms with Gasteiger partial charge in [-0.25, -0.2) is 4.98 Å². The summed E-state index contributed by atoms with van der Waals surface area (Å²) < 4.78 is 2.30. The first-order chi connectivity index (χ1) is 13.2. The lowest BCUT2D eigenvalue weighted by molar-refractivity contribution is 0.348. The van der Waals surface area contributed by atoms with Gasteiger partial charge in [0.2, 0.25) is 0 Å². The quantitative estimate of drug-likeness (QED) is 0.611. The van der Waals surface area contributed by atoms with Gasteiger partial charge in [0, 0.05) is 30.9 Å². The molecule has 0 radical (unpaired) electrons. The number of likely N-dealkylation sites (tertiary alicyclic amines) is 1. The van der Waals surface area contributed by atoms with Crippen LogP contribution < -0.4 is 0 Å². The van der Waals surface area contributed by atoms with E-state index in [4.69, 9.17) is 9.97 Å². The second-order valence-electron chi connectivity index (χ2n) is 7.33. The maximum absolute atomic E-state index is 4.80. The Morgan fingerprint density at radius 3 is 2.78 bits per heavy atom. The first-order valence-electron chi connectivity index (χ1n) is 9.62. The largest absolute Gasteiger partial charge is 0.328 e. The SMILES string of the molecule is C=CCN1CC[C@@H](Cn2cnc(-c3ccccc3)c2-c2cccc(C)n2)C1. The van der Waals surface area contributed by atoms with Gasteiger partial charge in [0.1, 0.15) is 0 Å². The second kappa shape index (κ2) is 7.89. The summed E-state index contributed by atoms with van der Waals surface area (Å²) in [7, 11) is 0. The van der Waals surface area contributed by atoms with Gasteiger partial charge in [-0.2, -0.15) is 0 Å². The van der Waals surface area contributed by atoms with E-state index in [0.717, 1.165) is 54.5 Å². The van der Waals surface area contributed by atoms with Gasteiger partial charge in [-0.05, 0) is 37.9 Å². The Bertz CT molecular complexity index is 913. The lowest BCUT2D eigenvalue weighted by Crippen LogP contribution is -2.22. The third-order valence-corrected chi connectivity index (χ3v) is 5.23. The molecule has 0 bridgehead atoms. The number of benzene rings is 1. The number of aromatic nitrogens is 3. The minimum Gasteiger partial charge on any atom is -0.328 e. The molecule has 0 amide bonds. The van der Waals surface area contributed by atoms with Gasteiger partial charge in [0.05, 0.1) is 23.4 Å². The number of imidazole rings is 1. The van der Waals surface area contributed by atoms with E-state index in [1.54, 1.807) is 0 Å². The molecule has 3 aromatic rings. The molecule has 1 fully saturated rings. The smallest absolute Gasteiger partial charge is 0.0979 e. The van der Waals surface area contributed by atoms with Gasteiger partial charge in [-0.1, -0.05) is 42.5 Å². The fraction of sp³-hybridized carbons (Fsp3) is 0.304. The fourth-order valence-corrected chi connectivity index (χ4v) is 3.96. The zero-order valence-corrected chi connectivity index (χ0v) is 15.9. The number of nitrogens with zero attached hydrogens (tertiary/aromatic N) is 4. The number of hydrogen-bond acceptors (Lipinski definition) is 3. The first kappa shape index (κ1) is 17.7. The maximum atomic E-state index is 4.80. The average Bonchev–Trinajstić information content (AvgIpc) is 3.30.